The Kier molecular flexibility index (Phi) is 12.0. The summed E-state index contributed by atoms with van der Waals surface area (Å²) in [6.07, 6.45) is 0.417. The van der Waals surface area contributed by atoms with Gasteiger partial charge in [0.05, 0.1) is 13.2 Å². The van der Waals surface area contributed by atoms with Crippen LogP contribution in [0.15, 0.2) is 0 Å². The number of ether oxygens (including phenoxy) is 2. The maximum absolute atomic E-state index is 11.8. The van der Waals surface area contributed by atoms with Gasteiger partial charge in [-0.1, -0.05) is 0 Å². The van der Waals surface area contributed by atoms with Gasteiger partial charge in [-0.15, -0.1) is 0 Å². The second kappa shape index (κ2) is 12.2. The van der Waals surface area contributed by atoms with E-state index in [2.05, 4.69) is 0 Å². The first-order chi connectivity index (χ1) is 8.20. The molecule has 4 nitrogen and oxygen atoms in total. The first-order valence-corrected chi connectivity index (χ1v) is 5.84. The SMILES string of the molecule is OC(CF)COCCCCCOCC(O)CF. The van der Waals surface area contributed by atoms with Gasteiger partial charge < -0.3 is 19.7 Å². The van der Waals surface area contributed by atoms with Crippen molar-refractivity contribution in [1.82, 2.24) is 0 Å². The fourth-order valence-corrected chi connectivity index (χ4v) is 1.11. The van der Waals surface area contributed by atoms with Gasteiger partial charge in [-0.2, -0.15) is 0 Å². The van der Waals surface area contributed by atoms with Crippen LogP contribution in [0.4, 0.5) is 8.78 Å². The molecule has 0 aliphatic carbocycles. The topological polar surface area (TPSA) is 58.9 Å². The van der Waals surface area contributed by atoms with Crippen molar-refractivity contribution in [2.75, 3.05) is 39.8 Å². The highest BCUT2D eigenvalue weighted by Gasteiger charge is 2.03. The molecular weight excluding hydrogens is 234 g/mol. The average Bonchev–Trinajstić information content (AvgIpc) is 2.35. The molecule has 0 rings (SSSR count). The zero-order valence-corrected chi connectivity index (χ0v) is 9.99. The fraction of sp³-hybridized carbons (Fsp3) is 1.00. The first-order valence-electron chi connectivity index (χ1n) is 5.84. The molecule has 0 aromatic rings. The maximum Gasteiger partial charge on any atom is 0.118 e. The van der Waals surface area contributed by atoms with Crippen LogP contribution in [0.2, 0.25) is 0 Å². The molecule has 6 heteroatoms. The van der Waals surface area contributed by atoms with E-state index in [9.17, 15) is 8.78 Å². The van der Waals surface area contributed by atoms with Crippen LogP contribution in [0.25, 0.3) is 0 Å². The van der Waals surface area contributed by atoms with Crippen molar-refractivity contribution in [3.05, 3.63) is 0 Å². The molecule has 0 aliphatic rings. The number of halogens is 2. The normalized spacial score (nSPS) is 14.8. The minimum Gasteiger partial charge on any atom is -0.388 e. The van der Waals surface area contributed by atoms with Crippen LogP contribution in [0.3, 0.4) is 0 Å². The second-order valence-corrected chi connectivity index (χ2v) is 3.83. The monoisotopic (exact) mass is 256 g/mol. The summed E-state index contributed by atoms with van der Waals surface area (Å²) >= 11 is 0. The van der Waals surface area contributed by atoms with E-state index < -0.39 is 25.6 Å². The van der Waals surface area contributed by atoms with Crippen molar-refractivity contribution in [3.8, 4) is 0 Å². The van der Waals surface area contributed by atoms with E-state index in [-0.39, 0.29) is 13.2 Å². The van der Waals surface area contributed by atoms with Crippen molar-refractivity contribution in [1.29, 1.82) is 0 Å². The van der Waals surface area contributed by atoms with E-state index in [0.717, 1.165) is 19.3 Å². The number of aliphatic hydroxyl groups is 2. The van der Waals surface area contributed by atoms with Crippen LogP contribution >= 0.6 is 0 Å². The van der Waals surface area contributed by atoms with Crippen LogP contribution in [-0.2, 0) is 9.47 Å². The summed E-state index contributed by atoms with van der Waals surface area (Å²) in [5.74, 6) is 0. The Hall–Kier alpha value is -0.300. The largest absolute Gasteiger partial charge is 0.388 e. The van der Waals surface area contributed by atoms with Gasteiger partial charge in [0.1, 0.15) is 25.6 Å². The zero-order valence-electron chi connectivity index (χ0n) is 9.99. The van der Waals surface area contributed by atoms with Gasteiger partial charge >= 0.3 is 0 Å². The summed E-state index contributed by atoms with van der Waals surface area (Å²) in [5.41, 5.74) is 0. The van der Waals surface area contributed by atoms with E-state index in [0.29, 0.717) is 13.2 Å². The average molecular weight is 256 g/mol. The van der Waals surface area contributed by atoms with Crippen molar-refractivity contribution >= 4 is 0 Å². The van der Waals surface area contributed by atoms with Gasteiger partial charge in [-0.25, -0.2) is 8.78 Å². The lowest BCUT2D eigenvalue weighted by Crippen LogP contribution is -2.18. The minimum absolute atomic E-state index is 0.0235. The summed E-state index contributed by atoms with van der Waals surface area (Å²) < 4.78 is 33.7. The third kappa shape index (κ3) is 12.0. The van der Waals surface area contributed by atoms with Crippen LogP contribution in [0.1, 0.15) is 19.3 Å². The van der Waals surface area contributed by atoms with Gasteiger partial charge in [-0.3, -0.25) is 0 Å². The lowest BCUT2D eigenvalue weighted by molar-refractivity contribution is 0.0166. The Balaban J connectivity index is 3.04. The highest BCUT2D eigenvalue weighted by molar-refractivity contribution is 4.51. The van der Waals surface area contributed by atoms with Gasteiger partial charge in [0.15, 0.2) is 0 Å². The van der Waals surface area contributed by atoms with Crippen molar-refractivity contribution < 1.29 is 28.5 Å². The lowest BCUT2D eigenvalue weighted by Gasteiger charge is -2.08. The van der Waals surface area contributed by atoms with E-state index in [1.807, 2.05) is 0 Å². The molecule has 0 heterocycles. The number of alkyl halides is 2. The second-order valence-electron chi connectivity index (χ2n) is 3.83. The van der Waals surface area contributed by atoms with E-state index >= 15 is 0 Å². The Labute approximate surface area is 101 Å². The van der Waals surface area contributed by atoms with E-state index in [4.69, 9.17) is 19.7 Å². The number of hydrogen-bond donors (Lipinski definition) is 2. The highest BCUT2D eigenvalue weighted by atomic mass is 19.1. The molecule has 0 radical (unpaired) electrons. The van der Waals surface area contributed by atoms with Gasteiger partial charge in [0.25, 0.3) is 0 Å². The maximum atomic E-state index is 11.8. The molecule has 0 bridgehead atoms. The first kappa shape index (κ1) is 16.7. The molecule has 2 N–H and O–H groups in total. The van der Waals surface area contributed by atoms with Crippen molar-refractivity contribution in [2.24, 2.45) is 0 Å². The highest BCUT2D eigenvalue weighted by Crippen LogP contribution is 1.98. The minimum atomic E-state index is -1.03. The van der Waals surface area contributed by atoms with Crippen LogP contribution < -0.4 is 0 Å². The molecule has 0 spiro atoms. The van der Waals surface area contributed by atoms with Gasteiger partial charge in [-0.05, 0) is 19.3 Å². The molecule has 0 amide bonds. The molecule has 2 atom stereocenters. The fourth-order valence-electron chi connectivity index (χ4n) is 1.11. The van der Waals surface area contributed by atoms with E-state index in [1.54, 1.807) is 0 Å². The summed E-state index contributed by atoms with van der Waals surface area (Å²) in [7, 11) is 0. The van der Waals surface area contributed by atoms with Crippen LogP contribution in [0.5, 0.6) is 0 Å². The van der Waals surface area contributed by atoms with Crippen LogP contribution in [-0.4, -0.2) is 62.2 Å². The Morgan fingerprint density at radius 2 is 1.18 bits per heavy atom. The predicted molar refractivity (Wildman–Crippen MR) is 59.5 cm³/mol. The predicted octanol–water partition coefficient (Wildman–Crippen LogP) is 0.851. The third-order valence-corrected chi connectivity index (χ3v) is 2.05. The van der Waals surface area contributed by atoms with Gasteiger partial charge in [0.2, 0.25) is 0 Å². The molecule has 104 valence electrons. The van der Waals surface area contributed by atoms with Crippen LogP contribution in [0, 0.1) is 0 Å². The summed E-state index contributed by atoms with van der Waals surface area (Å²) in [4.78, 5) is 0. The van der Waals surface area contributed by atoms with Gasteiger partial charge in [0, 0.05) is 13.2 Å². The number of rotatable bonds is 12. The lowest BCUT2D eigenvalue weighted by atomic mass is 10.2. The van der Waals surface area contributed by atoms with E-state index in [1.165, 1.54) is 0 Å². The number of aliphatic hydroxyl groups excluding tert-OH is 2. The smallest absolute Gasteiger partial charge is 0.118 e. The van der Waals surface area contributed by atoms with Crippen molar-refractivity contribution in [3.63, 3.8) is 0 Å². The molecule has 0 aliphatic heterocycles. The molecule has 0 fully saturated rings. The molecule has 17 heavy (non-hydrogen) atoms. The van der Waals surface area contributed by atoms with Crippen molar-refractivity contribution in [2.45, 2.75) is 31.5 Å². The molecule has 2 unspecified atom stereocenters. The molecular formula is C11H22F2O4. The quantitative estimate of drug-likeness (QED) is 0.508. The summed E-state index contributed by atoms with van der Waals surface area (Å²) in [6, 6.07) is 0. The Morgan fingerprint density at radius 1 is 0.765 bits per heavy atom. The zero-order chi connectivity index (χ0) is 12.9. The summed E-state index contributed by atoms with van der Waals surface area (Å²) in [5, 5.41) is 17.7. The Bertz CT molecular complexity index is 144. The summed E-state index contributed by atoms with van der Waals surface area (Å²) in [6.45, 7) is -0.574. The molecule has 0 aromatic carbocycles. The number of hydrogen-bond acceptors (Lipinski definition) is 4. The Morgan fingerprint density at radius 3 is 1.53 bits per heavy atom. The standard InChI is InChI=1S/C11H22F2O4/c12-6-10(14)8-16-4-2-1-3-5-17-9-11(15)7-13/h10-11,14-15H,1-9H2. The third-order valence-electron chi connectivity index (χ3n) is 2.05. The molecule has 0 aromatic heterocycles. The molecule has 0 saturated carbocycles. The molecule has 0 saturated heterocycles. The number of unbranched alkanes of at least 4 members (excludes halogenated alkanes) is 2.